The Morgan fingerprint density at radius 1 is 1.05 bits per heavy atom. The fourth-order valence-corrected chi connectivity index (χ4v) is 2.79. The normalized spacial score (nSPS) is 11.5. The van der Waals surface area contributed by atoms with Gasteiger partial charge in [-0.15, -0.1) is 0 Å². The lowest BCUT2D eigenvalue weighted by Crippen LogP contribution is -2.12. The molecule has 0 radical (unpaired) electrons. The van der Waals surface area contributed by atoms with Gasteiger partial charge >= 0.3 is 0 Å². The molecule has 0 aliphatic carbocycles. The number of hydrogen-bond donors (Lipinski definition) is 2. The first-order chi connectivity index (χ1) is 9.92. The van der Waals surface area contributed by atoms with Gasteiger partial charge in [-0.1, -0.05) is 28.4 Å². The number of hydrogen-bond acceptors (Lipinski definition) is 3. The highest BCUT2D eigenvalue weighted by Crippen LogP contribution is 2.38. The van der Waals surface area contributed by atoms with Crippen LogP contribution in [0.2, 0.25) is 10.0 Å². The summed E-state index contributed by atoms with van der Waals surface area (Å²) in [5.41, 5.74) is 6.07. The molecule has 0 saturated carbocycles. The van der Waals surface area contributed by atoms with E-state index in [2.05, 4.69) is 37.0 Å². The summed E-state index contributed by atoms with van der Waals surface area (Å²) in [7, 11) is 0. The maximum absolute atomic E-state index is 8.66. The third-order valence-corrected chi connectivity index (χ3v) is 4.64. The summed E-state index contributed by atoms with van der Waals surface area (Å²) in [4.78, 5) is 0. The van der Waals surface area contributed by atoms with E-state index >= 15 is 0 Å². The Labute approximate surface area is 147 Å². The lowest BCUT2D eigenvalue weighted by atomic mass is 10.2. The number of benzene rings is 2. The van der Waals surface area contributed by atoms with Gasteiger partial charge < -0.3 is 15.7 Å². The highest BCUT2D eigenvalue weighted by Gasteiger charge is 2.11. The molecule has 2 aromatic rings. The molecule has 8 heteroatoms. The molecular formula is C13H8Br2Cl2N2O2. The van der Waals surface area contributed by atoms with E-state index in [9.17, 15) is 0 Å². The van der Waals surface area contributed by atoms with Crippen LogP contribution in [0.3, 0.4) is 0 Å². The number of halogens is 4. The minimum Gasteiger partial charge on any atom is -0.455 e. The van der Waals surface area contributed by atoms with Gasteiger partial charge in [0.1, 0.15) is 11.5 Å². The number of amidine groups is 1. The summed E-state index contributed by atoms with van der Waals surface area (Å²) in [6.45, 7) is 0. The summed E-state index contributed by atoms with van der Waals surface area (Å²) in [5, 5.41) is 12.5. The number of nitrogens with zero attached hydrogens (tertiary/aromatic N) is 1. The molecule has 0 unspecified atom stereocenters. The quantitative estimate of drug-likeness (QED) is 0.214. The molecule has 0 heterocycles. The third kappa shape index (κ3) is 3.83. The predicted molar refractivity (Wildman–Crippen MR) is 90.9 cm³/mol. The number of oxime groups is 1. The smallest absolute Gasteiger partial charge is 0.170 e. The fourth-order valence-electron chi connectivity index (χ4n) is 1.50. The molecule has 21 heavy (non-hydrogen) atoms. The summed E-state index contributed by atoms with van der Waals surface area (Å²) >= 11 is 18.8. The molecule has 0 fully saturated rings. The Bertz CT molecular complexity index is 724. The number of ether oxygens (including phenoxy) is 1. The van der Waals surface area contributed by atoms with Gasteiger partial charge in [-0.05, 0) is 56.1 Å². The van der Waals surface area contributed by atoms with Crippen LogP contribution in [0.1, 0.15) is 5.56 Å². The molecule has 0 aliphatic rings. The lowest BCUT2D eigenvalue weighted by molar-refractivity contribution is 0.318. The van der Waals surface area contributed by atoms with E-state index in [1.54, 1.807) is 30.3 Å². The maximum atomic E-state index is 8.66. The third-order valence-electron chi connectivity index (χ3n) is 2.53. The van der Waals surface area contributed by atoms with Crippen molar-refractivity contribution >= 4 is 60.9 Å². The predicted octanol–water partition coefficient (Wildman–Crippen LogP) is 5.41. The van der Waals surface area contributed by atoms with Gasteiger partial charge in [-0.3, -0.25) is 0 Å². The average Bonchev–Trinajstić information content (AvgIpc) is 2.45. The second-order valence-corrected chi connectivity index (χ2v) is 6.45. The molecule has 0 aliphatic heterocycles. The molecule has 0 spiro atoms. The van der Waals surface area contributed by atoms with Crippen molar-refractivity contribution < 1.29 is 9.94 Å². The van der Waals surface area contributed by atoms with Crippen LogP contribution >= 0.6 is 55.1 Å². The molecule has 3 N–H and O–H groups in total. The van der Waals surface area contributed by atoms with E-state index in [0.29, 0.717) is 36.1 Å². The first-order valence-corrected chi connectivity index (χ1v) is 7.86. The molecule has 0 aromatic heterocycles. The minimum atomic E-state index is 0.00645. The van der Waals surface area contributed by atoms with Gasteiger partial charge in [0.2, 0.25) is 0 Å². The Morgan fingerprint density at radius 2 is 1.76 bits per heavy atom. The highest BCUT2D eigenvalue weighted by molar-refractivity contribution is 9.10. The molecule has 2 rings (SSSR count). The van der Waals surface area contributed by atoms with E-state index < -0.39 is 0 Å². The van der Waals surface area contributed by atoms with Gasteiger partial charge in [0.05, 0.1) is 14.5 Å². The van der Waals surface area contributed by atoms with Crippen LogP contribution < -0.4 is 10.5 Å². The van der Waals surface area contributed by atoms with Crippen LogP contribution in [-0.2, 0) is 0 Å². The van der Waals surface area contributed by atoms with Crippen molar-refractivity contribution in [2.75, 3.05) is 0 Å². The molecule has 0 atom stereocenters. The van der Waals surface area contributed by atoms with Crippen LogP contribution in [-0.4, -0.2) is 11.0 Å². The van der Waals surface area contributed by atoms with E-state index in [-0.39, 0.29) is 5.84 Å². The summed E-state index contributed by atoms with van der Waals surface area (Å²) in [6.07, 6.45) is 0. The largest absolute Gasteiger partial charge is 0.455 e. The zero-order valence-corrected chi connectivity index (χ0v) is 15.0. The summed E-state index contributed by atoms with van der Waals surface area (Å²) in [6, 6.07) is 8.25. The van der Waals surface area contributed by atoms with E-state index in [4.69, 9.17) is 38.9 Å². The Kier molecular flexibility index (Phi) is 5.37. The van der Waals surface area contributed by atoms with Crippen LogP contribution in [0.15, 0.2) is 44.4 Å². The fraction of sp³-hybridized carbons (Fsp3) is 0. The van der Waals surface area contributed by atoms with Crippen molar-refractivity contribution in [2.24, 2.45) is 10.9 Å². The lowest BCUT2D eigenvalue weighted by Gasteiger charge is -2.11. The van der Waals surface area contributed by atoms with Crippen LogP contribution in [0.25, 0.3) is 0 Å². The first kappa shape index (κ1) is 16.4. The van der Waals surface area contributed by atoms with Crippen molar-refractivity contribution in [2.45, 2.75) is 0 Å². The van der Waals surface area contributed by atoms with Gasteiger partial charge in [0.25, 0.3) is 0 Å². The van der Waals surface area contributed by atoms with Crippen molar-refractivity contribution in [3.05, 3.63) is 54.9 Å². The minimum absolute atomic E-state index is 0.00645. The first-order valence-electron chi connectivity index (χ1n) is 5.52. The summed E-state index contributed by atoms with van der Waals surface area (Å²) in [5.74, 6) is 0.943. The van der Waals surface area contributed by atoms with Gasteiger partial charge in [-0.25, -0.2) is 0 Å². The molecule has 0 amide bonds. The van der Waals surface area contributed by atoms with Crippen molar-refractivity contribution in [3.8, 4) is 11.5 Å². The maximum Gasteiger partial charge on any atom is 0.170 e. The molecule has 0 saturated heterocycles. The Balaban J connectivity index is 2.34. The van der Waals surface area contributed by atoms with Crippen molar-refractivity contribution in [1.82, 2.24) is 0 Å². The molecule has 0 bridgehead atoms. The van der Waals surface area contributed by atoms with Crippen LogP contribution in [0.5, 0.6) is 11.5 Å². The standard InChI is InChI=1S/C13H8Br2Cl2N2O2/c14-7-4-10(17)12(5-9(7)16)21-11-2-1-6(3-8(11)15)13(18)19-20/h1-5,20H,(H2,18,19). The second-order valence-electron chi connectivity index (χ2n) is 3.93. The van der Waals surface area contributed by atoms with Crippen LogP contribution in [0, 0.1) is 0 Å². The molecule has 110 valence electrons. The molecular weight excluding hydrogens is 447 g/mol. The molecule has 2 aromatic carbocycles. The van der Waals surface area contributed by atoms with E-state index in [1.807, 2.05) is 0 Å². The van der Waals surface area contributed by atoms with E-state index in [1.165, 1.54) is 0 Å². The zero-order valence-electron chi connectivity index (χ0n) is 10.3. The monoisotopic (exact) mass is 452 g/mol. The second kappa shape index (κ2) is 6.87. The SMILES string of the molecule is N/C(=N/O)c1ccc(Oc2cc(Cl)c(Br)cc2Cl)c(Br)c1. The number of rotatable bonds is 3. The van der Waals surface area contributed by atoms with E-state index in [0.717, 1.165) is 0 Å². The van der Waals surface area contributed by atoms with Crippen molar-refractivity contribution in [3.63, 3.8) is 0 Å². The Hall–Kier alpha value is -0.950. The summed E-state index contributed by atoms with van der Waals surface area (Å²) < 4.78 is 7.03. The van der Waals surface area contributed by atoms with Gasteiger partial charge in [0.15, 0.2) is 5.84 Å². The zero-order chi connectivity index (χ0) is 15.6. The van der Waals surface area contributed by atoms with Crippen molar-refractivity contribution in [1.29, 1.82) is 0 Å². The number of nitrogens with two attached hydrogens (primary N) is 1. The molecule has 4 nitrogen and oxygen atoms in total. The Morgan fingerprint density at radius 3 is 2.38 bits per heavy atom. The van der Waals surface area contributed by atoms with Crippen LogP contribution in [0.4, 0.5) is 0 Å². The topological polar surface area (TPSA) is 67.8 Å². The highest BCUT2D eigenvalue weighted by atomic mass is 79.9. The van der Waals surface area contributed by atoms with Gasteiger partial charge in [0, 0.05) is 16.1 Å². The van der Waals surface area contributed by atoms with Gasteiger partial charge in [-0.2, -0.15) is 0 Å². The average molecular weight is 455 g/mol.